The fourth-order valence-electron chi connectivity index (χ4n) is 4.45. The Hall–Kier alpha value is -1.26. The van der Waals surface area contributed by atoms with Crippen LogP contribution in [0.25, 0.3) is 11.2 Å². The molecule has 1 aromatic carbocycles. The van der Waals surface area contributed by atoms with Crippen molar-refractivity contribution in [2.75, 3.05) is 18.0 Å². The Morgan fingerprint density at radius 1 is 0.862 bits per heavy atom. The minimum absolute atomic E-state index is 0.459. The van der Waals surface area contributed by atoms with Gasteiger partial charge >= 0.3 is 188 Å². The number of fused-ring (bicyclic) bond motifs is 1. The number of imidazole rings is 1. The van der Waals surface area contributed by atoms with Crippen molar-refractivity contribution in [2.45, 2.75) is 58.8 Å². The molecule has 29 heavy (non-hydrogen) atoms. The third-order valence-corrected chi connectivity index (χ3v) is 8.13. The molecule has 0 spiro atoms. The van der Waals surface area contributed by atoms with Gasteiger partial charge in [0.25, 0.3) is 0 Å². The summed E-state index contributed by atoms with van der Waals surface area (Å²) in [5.74, 6) is 2.21. The summed E-state index contributed by atoms with van der Waals surface area (Å²) in [5, 5.41) is 0. The molecule has 3 heterocycles. The molecule has 162 valence electrons. The summed E-state index contributed by atoms with van der Waals surface area (Å²) in [6.45, 7) is 11.4. The molecular formula is C24H31AuClN3-2. The molecule has 0 radical (unpaired) electrons. The SMILES string of the molecule is CC(C)c1cccc(C(C)C)c1-n1cc2cccc(N3CCCCC3)n2[c]1=[Au-2][Cl]. The van der Waals surface area contributed by atoms with Gasteiger partial charge < -0.3 is 0 Å². The third-order valence-electron chi connectivity index (χ3n) is 5.92. The Balaban J connectivity index is 2.02. The zero-order chi connectivity index (χ0) is 20.5. The fraction of sp³-hybridized carbons (Fsp3) is 0.458. The van der Waals surface area contributed by atoms with E-state index in [0.29, 0.717) is 11.8 Å². The first-order chi connectivity index (χ1) is 14.0. The number of rotatable bonds is 4. The summed E-state index contributed by atoms with van der Waals surface area (Å²) in [4.78, 5) is 2.54. The van der Waals surface area contributed by atoms with Crippen LogP contribution in [0.15, 0.2) is 42.6 Å². The van der Waals surface area contributed by atoms with E-state index >= 15 is 0 Å². The quantitative estimate of drug-likeness (QED) is 0.306. The Morgan fingerprint density at radius 2 is 1.48 bits per heavy atom. The van der Waals surface area contributed by atoms with Crippen LogP contribution in [0, 0.1) is 3.63 Å². The molecule has 2 aromatic heterocycles. The van der Waals surface area contributed by atoms with E-state index in [1.54, 1.807) is 0 Å². The van der Waals surface area contributed by atoms with Gasteiger partial charge in [0.05, 0.1) is 0 Å². The second kappa shape index (κ2) is 8.85. The normalized spacial score (nSPS) is 16.4. The number of nitrogens with zero attached hydrogens (tertiary/aromatic N) is 3. The van der Waals surface area contributed by atoms with Gasteiger partial charge in [-0.05, 0) is 0 Å². The molecule has 0 bridgehead atoms. The Bertz CT molecular complexity index is 1050. The summed E-state index contributed by atoms with van der Waals surface area (Å²) >= 11 is -0.507. The first-order valence-electron chi connectivity index (χ1n) is 10.7. The summed E-state index contributed by atoms with van der Waals surface area (Å²) in [5.41, 5.74) is 5.35. The number of halogens is 1. The van der Waals surface area contributed by atoms with E-state index < -0.39 is 18.2 Å². The van der Waals surface area contributed by atoms with E-state index in [4.69, 9.17) is 9.19 Å². The van der Waals surface area contributed by atoms with E-state index in [-0.39, 0.29) is 0 Å². The summed E-state index contributed by atoms with van der Waals surface area (Å²) < 4.78 is 6.06. The van der Waals surface area contributed by atoms with Crippen molar-refractivity contribution < 1.29 is 18.2 Å². The molecule has 4 rings (SSSR count). The van der Waals surface area contributed by atoms with Gasteiger partial charge in [-0.1, -0.05) is 0 Å². The average Bonchev–Trinajstić information content (AvgIpc) is 3.12. The summed E-state index contributed by atoms with van der Waals surface area (Å²) in [6, 6.07) is 13.4. The third kappa shape index (κ3) is 3.91. The standard InChI is InChI=1S/C24H31N3.Au.ClH/c1-18(2)21-11-9-12-22(19(3)4)24(21)26-16-20-10-8-13-23(27(20)17-26)25-14-6-5-7-15-25;;/h8-13,16,18-19H,5-7,14-15H2,1-4H3;;1H/q;-1;/p-1. The second-order valence-corrected chi connectivity index (χ2v) is 10.9. The number of hydrogen-bond donors (Lipinski definition) is 0. The van der Waals surface area contributed by atoms with Crippen LogP contribution in [-0.4, -0.2) is 22.1 Å². The Labute approximate surface area is 187 Å². The van der Waals surface area contributed by atoms with Gasteiger partial charge in [0.15, 0.2) is 0 Å². The van der Waals surface area contributed by atoms with Crippen molar-refractivity contribution in [1.82, 2.24) is 8.97 Å². The number of anilines is 1. The number of benzene rings is 1. The summed E-state index contributed by atoms with van der Waals surface area (Å²) in [6.07, 6.45) is 6.19. The molecule has 0 amide bonds. The van der Waals surface area contributed by atoms with Gasteiger partial charge in [-0.2, -0.15) is 0 Å². The molecule has 0 atom stereocenters. The topological polar surface area (TPSA) is 12.6 Å². The number of hydrogen-bond acceptors (Lipinski definition) is 1. The predicted octanol–water partition coefficient (Wildman–Crippen LogP) is 6.74. The molecule has 0 aliphatic carbocycles. The van der Waals surface area contributed by atoms with Crippen LogP contribution in [-0.2, 0) is 18.2 Å². The minimum atomic E-state index is -0.507. The first kappa shape index (κ1) is 21.0. The molecule has 0 saturated carbocycles. The molecule has 3 nitrogen and oxygen atoms in total. The number of piperidine rings is 1. The van der Waals surface area contributed by atoms with Crippen molar-refractivity contribution >= 4 is 20.5 Å². The monoisotopic (exact) mass is 593 g/mol. The van der Waals surface area contributed by atoms with Gasteiger partial charge in [-0.25, -0.2) is 0 Å². The molecule has 0 N–H and O–H groups in total. The van der Waals surface area contributed by atoms with Crippen LogP contribution >= 0.6 is 9.19 Å². The zero-order valence-corrected chi connectivity index (χ0v) is 20.7. The molecule has 1 fully saturated rings. The van der Waals surface area contributed by atoms with Crippen molar-refractivity contribution in [3.8, 4) is 5.69 Å². The van der Waals surface area contributed by atoms with Crippen LogP contribution in [0.5, 0.6) is 0 Å². The van der Waals surface area contributed by atoms with Crippen LogP contribution in [0.2, 0.25) is 0 Å². The molecule has 1 aliphatic heterocycles. The second-order valence-electron chi connectivity index (χ2n) is 8.58. The van der Waals surface area contributed by atoms with Gasteiger partial charge in [-0.3, -0.25) is 0 Å². The molecular weight excluding hydrogens is 563 g/mol. The van der Waals surface area contributed by atoms with Gasteiger partial charge in [-0.15, -0.1) is 0 Å². The molecule has 3 aromatic rings. The molecule has 1 aliphatic rings. The van der Waals surface area contributed by atoms with Gasteiger partial charge in [0.1, 0.15) is 0 Å². The van der Waals surface area contributed by atoms with E-state index in [0.717, 1.165) is 13.1 Å². The van der Waals surface area contributed by atoms with Crippen molar-refractivity contribution in [1.29, 1.82) is 0 Å². The van der Waals surface area contributed by atoms with E-state index in [2.05, 4.69) is 84.2 Å². The molecule has 5 heteroatoms. The van der Waals surface area contributed by atoms with Crippen molar-refractivity contribution in [3.63, 3.8) is 0 Å². The van der Waals surface area contributed by atoms with Crippen LogP contribution in [0.3, 0.4) is 0 Å². The van der Waals surface area contributed by atoms with Crippen molar-refractivity contribution in [3.05, 3.63) is 57.4 Å². The number of para-hydroxylation sites is 1. The average molecular weight is 594 g/mol. The first-order valence-corrected chi connectivity index (χ1v) is 14.4. The Kier molecular flexibility index (Phi) is 6.41. The predicted molar refractivity (Wildman–Crippen MR) is 120 cm³/mol. The zero-order valence-electron chi connectivity index (χ0n) is 17.8. The van der Waals surface area contributed by atoms with Crippen molar-refractivity contribution in [2.24, 2.45) is 0 Å². The van der Waals surface area contributed by atoms with E-state index in [1.807, 2.05) is 0 Å². The van der Waals surface area contributed by atoms with Crippen LogP contribution in [0.4, 0.5) is 5.82 Å². The maximum absolute atomic E-state index is 6.71. The summed E-state index contributed by atoms with van der Waals surface area (Å²) in [7, 11) is 6.71. The molecule has 1 saturated heterocycles. The van der Waals surface area contributed by atoms with Gasteiger partial charge in [0, 0.05) is 0 Å². The van der Waals surface area contributed by atoms with E-state index in [9.17, 15) is 0 Å². The van der Waals surface area contributed by atoms with Crippen LogP contribution in [0.1, 0.15) is 69.9 Å². The molecule has 0 unspecified atom stereocenters. The van der Waals surface area contributed by atoms with E-state index in [1.165, 1.54) is 51.0 Å². The van der Waals surface area contributed by atoms with Crippen LogP contribution < -0.4 is 4.90 Å². The Morgan fingerprint density at radius 3 is 2.07 bits per heavy atom. The van der Waals surface area contributed by atoms with Gasteiger partial charge in [0.2, 0.25) is 0 Å². The number of pyridine rings is 1. The maximum atomic E-state index is 6.71. The number of aromatic nitrogens is 2. The fourth-order valence-corrected chi connectivity index (χ4v) is 6.60.